The molecule has 36 heavy (non-hydrogen) atoms. The molecule has 2 heterocycles. The number of thioether (sulfide) groups is 2. The van der Waals surface area contributed by atoms with Gasteiger partial charge in [-0.1, -0.05) is 43.2 Å². The number of hydrogen-bond donors (Lipinski definition) is 2. The topological polar surface area (TPSA) is 92.2 Å². The van der Waals surface area contributed by atoms with Gasteiger partial charge in [0, 0.05) is 31.9 Å². The summed E-state index contributed by atoms with van der Waals surface area (Å²) in [5.74, 6) is 1.12. The Balaban J connectivity index is 1.57. The lowest BCUT2D eigenvalue weighted by Gasteiger charge is -2.18. The fourth-order valence-corrected chi connectivity index (χ4v) is 9.08. The first-order chi connectivity index (χ1) is 17.5. The molecule has 2 N–H and O–H groups in total. The lowest BCUT2D eigenvalue weighted by molar-refractivity contribution is 0.278. The summed E-state index contributed by atoms with van der Waals surface area (Å²) in [5, 5.41) is 15.2. The van der Waals surface area contributed by atoms with Crippen LogP contribution in [0.5, 0.6) is 0 Å². The van der Waals surface area contributed by atoms with Crippen molar-refractivity contribution in [2.75, 3.05) is 10.4 Å². The van der Waals surface area contributed by atoms with Crippen LogP contribution in [0.15, 0.2) is 80.2 Å². The number of aliphatic hydroxyl groups is 1. The number of aliphatic hydroxyl groups excluding tert-OH is 1. The van der Waals surface area contributed by atoms with Crippen molar-refractivity contribution < 1.29 is 13.5 Å². The van der Waals surface area contributed by atoms with Crippen molar-refractivity contribution in [3.63, 3.8) is 0 Å². The number of aromatic nitrogens is 2. The number of nitrogens with one attached hydrogen (secondary N) is 1. The third-order valence-corrected chi connectivity index (χ3v) is 11.0. The summed E-state index contributed by atoms with van der Waals surface area (Å²) in [7, 11) is -3.95. The average molecular weight is 536 g/mol. The minimum atomic E-state index is -3.95. The van der Waals surface area contributed by atoms with Crippen LogP contribution in [-0.2, 0) is 16.4 Å². The van der Waals surface area contributed by atoms with E-state index in [-0.39, 0.29) is 16.4 Å². The van der Waals surface area contributed by atoms with E-state index in [1.807, 2.05) is 30.3 Å². The molecule has 0 saturated heterocycles. The fraction of sp³-hybridized carbons (Fsp3) is 0.259. The number of rotatable bonds is 6. The van der Waals surface area contributed by atoms with Crippen LogP contribution in [0.3, 0.4) is 0 Å². The van der Waals surface area contributed by atoms with E-state index in [2.05, 4.69) is 5.32 Å². The van der Waals surface area contributed by atoms with E-state index in [0.717, 1.165) is 44.4 Å². The van der Waals surface area contributed by atoms with Gasteiger partial charge in [-0.3, -0.25) is 0 Å². The van der Waals surface area contributed by atoms with Gasteiger partial charge in [-0.2, -0.15) is 0 Å². The Hall–Kier alpha value is -2.59. The van der Waals surface area contributed by atoms with Gasteiger partial charge < -0.3 is 10.4 Å². The van der Waals surface area contributed by atoms with Gasteiger partial charge in [0.25, 0.3) is 0 Å². The van der Waals surface area contributed by atoms with Crippen LogP contribution >= 0.6 is 23.5 Å². The largest absolute Gasteiger partial charge is 0.392 e. The van der Waals surface area contributed by atoms with Crippen LogP contribution in [0.2, 0.25) is 0 Å². The molecule has 184 valence electrons. The molecule has 3 aromatic carbocycles. The van der Waals surface area contributed by atoms with Crippen molar-refractivity contribution in [1.82, 2.24) is 9.97 Å². The highest BCUT2D eigenvalue weighted by Gasteiger charge is 2.29. The Morgan fingerprint density at radius 1 is 0.917 bits per heavy atom. The van der Waals surface area contributed by atoms with Crippen molar-refractivity contribution >= 4 is 50.1 Å². The van der Waals surface area contributed by atoms with Crippen LogP contribution in [0.4, 0.5) is 5.82 Å². The number of fused-ring (bicyclic) bond motifs is 2. The number of sulfone groups is 1. The molecule has 0 atom stereocenters. The molecular weight excluding hydrogens is 511 g/mol. The average Bonchev–Trinajstić information content (AvgIpc) is 3.59. The summed E-state index contributed by atoms with van der Waals surface area (Å²) in [6, 6.07) is 18.5. The molecule has 9 heteroatoms. The number of para-hydroxylation sites is 1. The maximum Gasteiger partial charge on any atom is 0.207 e. The second-order valence-corrected chi connectivity index (χ2v) is 13.3. The van der Waals surface area contributed by atoms with Gasteiger partial charge in [0.15, 0.2) is 5.82 Å². The van der Waals surface area contributed by atoms with Crippen molar-refractivity contribution in [3.05, 3.63) is 66.2 Å². The predicted octanol–water partition coefficient (Wildman–Crippen LogP) is 6.13. The zero-order valence-corrected chi connectivity index (χ0v) is 21.9. The van der Waals surface area contributed by atoms with Gasteiger partial charge in [0.05, 0.1) is 21.9 Å². The van der Waals surface area contributed by atoms with E-state index in [9.17, 15) is 13.5 Å². The first kappa shape index (κ1) is 23.8. The van der Waals surface area contributed by atoms with Gasteiger partial charge >= 0.3 is 0 Å². The van der Waals surface area contributed by atoms with Crippen LogP contribution < -0.4 is 5.32 Å². The van der Waals surface area contributed by atoms with E-state index >= 15 is 0 Å². The predicted molar refractivity (Wildman–Crippen MR) is 145 cm³/mol. The van der Waals surface area contributed by atoms with E-state index in [1.165, 1.54) is 12.8 Å². The van der Waals surface area contributed by atoms with Crippen LogP contribution in [-0.4, -0.2) is 34.6 Å². The van der Waals surface area contributed by atoms with Crippen molar-refractivity contribution in [1.29, 1.82) is 0 Å². The molecule has 2 aliphatic rings. The maximum absolute atomic E-state index is 14.0. The smallest absolute Gasteiger partial charge is 0.207 e. The molecule has 6 nitrogen and oxygen atoms in total. The van der Waals surface area contributed by atoms with Gasteiger partial charge in [-0.15, -0.1) is 23.5 Å². The molecule has 6 rings (SSSR count). The highest BCUT2D eigenvalue weighted by molar-refractivity contribution is 8.18. The van der Waals surface area contributed by atoms with Crippen molar-refractivity contribution in [3.8, 4) is 11.4 Å². The lowest BCUT2D eigenvalue weighted by atomic mass is 10.1. The van der Waals surface area contributed by atoms with Gasteiger partial charge in [-0.25, -0.2) is 18.4 Å². The number of hydrogen-bond acceptors (Lipinski definition) is 8. The van der Waals surface area contributed by atoms with Crippen LogP contribution in [0.1, 0.15) is 31.2 Å². The van der Waals surface area contributed by atoms with Crippen LogP contribution in [0.25, 0.3) is 22.3 Å². The third-order valence-electron chi connectivity index (χ3n) is 6.74. The molecular formula is C27H25N3O3S3. The van der Waals surface area contributed by atoms with E-state index in [4.69, 9.17) is 9.97 Å². The molecule has 1 aromatic heterocycles. The quantitative estimate of drug-likeness (QED) is 0.305. The normalized spacial score (nSPS) is 15.9. The summed E-state index contributed by atoms with van der Waals surface area (Å²) >= 11 is 3.32. The van der Waals surface area contributed by atoms with Gasteiger partial charge in [0.2, 0.25) is 9.84 Å². The van der Waals surface area contributed by atoms with Crippen molar-refractivity contribution in [2.24, 2.45) is 0 Å². The highest BCUT2D eigenvalue weighted by Crippen LogP contribution is 2.46. The first-order valence-electron chi connectivity index (χ1n) is 12.0. The third kappa shape index (κ3) is 4.28. The van der Waals surface area contributed by atoms with Gasteiger partial charge in [-0.05, 0) is 48.7 Å². The zero-order valence-electron chi connectivity index (χ0n) is 19.5. The Morgan fingerprint density at radius 2 is 1.64 bits per heavy atom. The summed E-state index contributed by atoms with van der Waals surface area (Å²) < 4.78 is 28.1. The second-order valence-electron chi connectivity index (χ2n) is 9.01. The minimum absolute atomic E-state index is 0.106. The van der Waals surface area contributed by atoms with E-state index < -0.39 is 9.84 Å². The highest BCUT2D eigenvalue weighted by atomic mass is 32.2. The lowest BCUT2D eigenvalue weighted by Crippen LogP contribution is -2.16. The monoisotopic (exact) mass is 535 g/mol. The molecule has 0 bridgehead atoms. The molecule has 1 aliphatic heterocycles. The summed E-state index contributed by atoms with van der Waals surface area (Å²) in [5.41, 5.74) is 1.62. The minimum Gasteiger partial charge on any atom is -0.392 e. The molecule has 4 aromatic rings. The molecule has 0 spiro atoms. The number of anilines is 1. The standard InChI is InChI=1S/C27H25N3O3S3/c31-15-17-7-1-6-12-24(17)36(32,33)25-14-23-22(34-16-35-23)13-20(25)27-29-21-11-5-4-10-19(21)26(30-27)28-18-8-2-3-9-18/h1,4-7,10-14,18,31H,2-3,8-9,15-16H2,(H,28,29,30). The van der Waals surface area contributed by atoms with Gasteiger partial charge in [0.1, 0.15) is 5.82 Å². The SMILES string of the molecule is O=S(=O)(c1ccccc1CO)c1cc2c(cc1-c1nc(NC3CCCC3)c3ccccc3n1)SCS2. The van der Waals surface area contributed by atoms with Crippen molar-refractivity contribution in [2.45, 2.75) is 57.9 Å². The first-order valence-corrected chi connectivity index (χ1v) is 15.4. The molecule has 1 fully saturated rings. The number of nitrogens with zero attached hydrogens (tertiary/aromatic N) is 2. The molecule has 0 unspecified atom stereocenters. The zero-order chi connectivity index (χ0) is 24.7. The Kier molecular flexibility index (Phi) is 6.41. The number of benzene rings is 3. The Bertz CT molecular complexity index is 1570. The molecule has 1 aliphatic carbocycles. The summed E-state index contributed by atoms with van der Waals surface area (Å²) in [6.07, 6.45) is 4.58. The second kappa shape index (κ2) is 9.70. The van der Waals surface area contributed by atoms with Crippen LogP contribution in [0, 0.1) is 0 Å². The van der Waals surface area contributed by atoms with E-state index in [0.29, 0.717) is 23.0 Å². The fourth-order valence-electron chi connectivity index (χ4n) is 4.91. The molecule has 0 amide bonds. The summed E-state index contributed by atoms with van der Waals surface area (Å²) in [6.45, 7) is -0.359. The molecule has 0 radical (unpaired) electrons. The maximum atomic E-state index is 14.0. The summed E-state index contributed by atoms with van der Waals surface area (Å²) in [4.78, 5) is 12.0. The Morgan fingerprint density at radius 3 is 2.44 bits per heavy atom. The molecule has 1 saturated carbocycles. The van der Waals surface area contributed by atoms with E-state index in [1.54, 1.807) is 53.9 Å². The Labute approximate surface area is 218 Å².